The fourth-order valence-corrected chi connectivity index (χ4v) is 1.44. The average Bonchev–Trinajstić information content (AvgIpc) is 2.35. The summed E-state index contributed by atoms with van der Waals surface area (Å²) in [4.78, 5) is 26.6. The van der Waals surface area contributed by atoms with Gasteiger partial charge < -0.3 is 15.2 Å². The smallest absolute Gasteiger partial charge is 0.408 e. The van der Waals surface area contributed by atoms with Crippen LogP contribution < -0.4 is 5.32 Å². The summed E-state index contributed by atoms with van der Waals surface area (Å²) in [6, 6.07) is 4.23. The minimum Gasteiger partial charge on any atom is -0.480 e. The standard InChI is InChI=1S/C13H16N2O4/c1-3-7-19-13(18)15-11(12(16)17)8-10-6-4-5-9(2)14-10/h3-6,11H,1,7-8H2,2H3,(H,15,18)(H,16,17). The number of pyridine rings is 1. The summed E-state index contributed by atoms with van der Waals surface area (Å²) in [6.45, 7) is 5.23. The Hall–Kier alpha value is -2.37. The van der Waals surface area contributed by atoms with Gasteiger partial charge in [0.05, 0.1) is 0 Å². The number of carboxylic acids is 1. The third kappa shape index (κ3) is 5.20. The van der Waals surface area contributed by atoms with Gasteiger partial charge >= 0.3 is 12.1 Å². The molecule has 1 unspecified atom stereocenters. The Bertz CT molecular complexity index is 473. The van der Waals surface area contributed by atoms with Crippen molar-refractivity contribution in [2.75, 3.05) is 6.61 Å². The maximum Gasteiger partial charge on any atom is 0.408 e. The molecule has 1 aromatic heterocycles. The van der Waals surface area contributed by atoms with E-state index in [4.69, 9.17) is 5.11 Å². The first-order valence-electron chi connectivity index (χ1n) is 5.72. The molecule has 1 amide bonds. The lowest BCUT2D eigenvalue weighted by Crippen LogP contribution is -2.42. The van der Waals surface area contributed by atoms with Crippen LogP contribution in [0.4, 0.5) is 4.79 Å². The van der Waals surface area contributed by atoms with Gasteiger partial charge in [-0.15, -0.1) is 0 Å². The first kappa shape index (κ1) is 14.7. The van der Waals surface area contributed by atoms with E-state index >= 15 is 0 Å². The van der Waals surface area contributed by atoms with Crippen LogP contribution in [0, 0.1) is 6.92 Å². The first-order valence-corrected chi connectivity index (χ1v) is 5.72. The fraction of sp³-hybridized carbons (Fsp3) is 0.308. The molecule has 0 saturated carbocycles. The molecule has 0 saturated heterocycles. The first-order chi connectivity index (χ1) is 9.02. The highest BCUT2D eigenvalue weighted by Gasteiger charge is 2.21. The molecular formula is C13H16N2O4. The number of aliphatic carboxylic acids is 1. The molecular weight excluding hydrogens is 248 g/mol. The zero-order chi connectivity index (χ0) is 14.3. The third-order valence-corrected chi connectivity index (χ3v) is 2.28. The number of nitrogens with zero attached hydrogens (tertiary/aromatic N) is 1. The number of aryl methyl sites for hydroxylation is 1. The molecule has 0 aromatic carbocycles. The van der Waals surface area contributed by atoms with Gasteiger partial charge in [0.1, 0.15) is 12.6 Å². The molecule has 19 heavy (non-hydrogen) atoms. The van der Waals surface area contributed by atoms with E-state index in [9.17, 15) is 9.59 Å². The Morgan fingerprint density at radius 3 is 2.89 bits per heavy atom. The Labute approximate surface area is 111 Å². The van der Waals surface area contributed by atoms with Gasteiger partial charge in [0.25, 0.3) is 0 Å². The highest BCUT2D eigenvalue weighted by Crippen LogP contribution is 2.03. The molecule has 1 rings (SSSR count). The zero-order valence-electron chi connectivity index (χ0n) is 10.6. The SMILES string of the molecule is C=CCOC(=O)NC(Cc1cccc(C)n1)C(=O)O. The molecule has 2 N–H and O–H groups in total. The lowest BCUT2D eigenvalue weighted by molar-refractivity contribution is -0.139. The van der Waals surface area contributed by atoms with Crippen molar-refractivity contribution < 1.29 is 19.4 Å². The van der Waals surface area contributed by atoms with Gasteiger partial charge in [-0.05, 0) is 19.1 Å². The molecule has 0 radical (unpaired) electrons. The van der Waals surface area contributed by atoms with Gasteiger partial charge in [0, 0.05) is 17.8 Å². The molecule has 0 bridgehead atoms. The fourth-order valence-electron chi connectivity index (χ4n) is 1.44. The summed E-state index contributed by atoms with van der Waals surface area (Å²) < 4.78 is 4.68. The Morgan fingerprint density at radius 2 is 2.32 bits per heavy atom. The number of carbonyl (C=O) groups is 2. The van der Waals surface area contributed by atoms with E-state index < -0.39 is 18.1 Å². The second kappa shape index (κ2) is 7.15. The minimum atomic E-state index is -1.14. The van der Waals surface area contributed by atoms with E-state index in [1.807, 2.05) is 13.0 Å². The lowest BCUT2D eigenvalue weighted by Gasteiger charge is -2.14. The van der Waals surface area contributed by atoms with Crippen molar-refractivity contribution in [3.8, 4) is 0 Å². The van der Waals surface area contributed by atoms with Crippen LogP contribution in [-0.4, -0.2) is 34.8 Å². The van der Waals surface area contributed by atoms with E-state index in [1.165, 1.54) is 6.08 Å². The number of amides is 1. The molecule has 1 atom stereocenters. The molecule has 0 fully saturated rings. The number of carboxylic acid groups (broad SMARTS) is 1. The van der Waals surface area contributed by atoms with Gasteiger partial charge in [0.15, 0.2) is 0 Å². The molecule has 0 aliphatic heterocycles. The summed E-state index contributed by atoms with van der Waals surface area (Å²) in [5, 5.41) is 11.3. The van der Waals surface area contributed by atoms with Gasteiger partial charge in [-0.3, -0.25) is 4.98 Å². The number of carbonyl (C=O) groups excluding carboxylic acids is 1. The van der Waals surface area contributed by atoms with Crippen LogP contribution in [-0.2, 0) is 16.0 Å². The largest absolute Gasteiger partial charge is 0.480 e. The molecule has 6 nitrogen and oxygen atoms in total. The van der Waals surface area contributed by atoms with Crippen LogP contribution in [0.1, 0.15) is 11.4 Å². The summed E-state index contributed by atoms with van der Waals surface area (Å²) in [7, 11) is 0. The van der Waals surface area contributed by atoms with Gasteiger partial charge in [-0.1, -0.05) is 18.7 Å². The number of rotatable bonds is 6. The molecule has 6 heteroatoms. The van der Waals surface area contributed by atoms with Crippen LogP contribution in [0.2, 0.25) is 0 Å². The van der Waals surface area contributed by atoms with Crippen molar-refractivity contribution >= 4 is 12.1 Å². The van der Waals surface area contributed by atoms with Gasteiger partial charge in [-0.2, -0.15) is 0 Å². The van der Waals surface area contributed by atoms with Gasteiger partial charge in [0.2, 0.25) is 0 Å². The Morgan fingerprint density at radius 1 is 1.58 bits per heavy atom. The predicted molar refractivity (Wildman–Crippen MR) is 68.8 cm³/mol. The number of hydrogen-bond acceptors (Lipinski definition) is 4. The van der Waals surface area contributed by atoms with Crippen molar-refractivity contribution in [3.63, 3.8) is 0 Å². The second-order valence-corrected chi connectivity index (χ2v) is 3.90. The number of hydrogen-bond donors (Lipinski definition) is 2. The molecule has 1 aromatic rings. The van der Waals surface area contributed by atoms with E-state index in [0.29, 0.717) is 5.69 Å². The second-order valence-electron chi connectivity index (χ2n) is 3.90. The number of nitrogens with one attached hydrogen (secondary N) is 1. The number of alkyl carbamates (subject to hydrolysis) is 1. The average molecular weight is 264 g/mol. The molecule has 0 aliphatic carbocycles. The van der Waals surface area contributed by atoms with Crippen LogP contribution in [0.3, 0.4) is 0 Å². The lowest BCUT2D eigenvalue weighted by atomic mass is 10.1. The van der Waals surface area contributed by atoms with Crippen molar-refractivity contribution in [1.82, 2.24) is 10.3 Å². The van der Waals surface area contributed by atoms with E-state index in [-0.39, 0.29) is 13.0 Å². The maximum atomic E-state index is 11.3. The molecule has 102 valence electrons. The molecule has 1 heterocycles. The highest BCUT2D eigenvalue weighted by molar-refractivity contribution is 5.80. The van der Waals surface area contributed by atoms with Crippen LogP contribution >= 0.6 is 0 Å². The normalized spacial score (nSPS) is 11.4. The topological polar surface area (TPSA) is 88.5 Å². The number of ether oxygens (including phenoxy) is 1. The van der Waals surface area contributed by atoms with Crippen molar-refractivity contribution in [3.05, 3.63) is 42.2 Å². The Balaban J connectivity index is 2.65. The van der Waals surface area contributed by atoms with Crippen molar-refractivity contribution in [1.29, 1.82) is 0 Å². The number of aromatic nitrogens is 1. The Kier molecular flexibility index (Phi) is 5.53. The quantitative estimate of drug-likeness (QED) is 0.756. The zero-order valence-corrected chi connectivity index (χ0v) is 10.6. The summed E-state index contributed by atoms with van der Waals surface area (Å²) >= 11 is 0. The summed E-state index contributed by atoms with van der Waals surface area (Å²) in [6.07, 6.45) is 0.706. The van der Waals surface area contributed by atoms with E-state index in [0.717, 1.165) is 5.69 Å². The highest BCUT2D eigenvalue weighted by atomic mass is 16.5. The maximum absolute atomic E-state index is 11.3. The van der Waals surface area contributed by atoms with Crippen LogP contribution in [0.15, 0.2) is 30.9 Å². The van der Waals surface area contributed by atoms with E-state index in [2.05, 4.69) is 21.6 Å². The third-order valence-electron chi connectivity index (χ3n) is 2.28. The molecule has 0 aliphatic rings. The van der Waals surface area contributed by atoms with E-state index in [1.54, 1.807) is 12.1 Å². The molecule has 0 spiro atoms. The van der Waals surface area contributed by atoms with Crippen LogP contribution in [0.25, 0.3) is 0 Å². The van der Waals surface area contributed by atoms with Crippen LogP contribution in [0.5, 0.6) is 0 Å². The summed E-state index contributed by atoms with van der Waals surface area (Å²) in [5.74, 6) is -1.14. The predicted octanol–water partition coefficient (Wildman–Crippen LogP) is 1.30. The monoisotopic (exact) mass is 264 g/mol. The minimum absolute atomic E-state index is 0.0286. The van der Waals surface area contributed by atoms with Gasteiger partial charge in [-0.25, -0.2) is 9.59 Å². The van der Waals surface area contributed by atoms with Crippen molar-refractivity contribution in [2.24, 2.45) is 0 Å². The summed E-state index contributed by atoms with van der Waals surface area (Å²) in [5.41, 5.74) is 1.38. The van der Waals surface area contributed by atoms with Crippen molar-refractivity contribution in [2.45, 2.75) is 19.4 Å².